The molecule has 2 heterocycles. The van der Waals surface area contributed by atoms with Gasteiger partial charge in [0.25, 0.3) is 0 Å². The van der Waals surface area contributed by atoms with E-state index in [1.807, 2.05) is 12.3 Å². The van der Waals surface area contributed by atoms with E-state index in [0.717, 1.165) is 11.1 Å². The van der Waals surface area contributed by atoms with Gasteiger partial charge in [-0.2, -0.15) is 13.2 Å². The number of hydrogen-bond acceptors (Lipinski definition) is 3. The normalized spacial score (nSPS) is 18.9. The molecule has 0 aliphatic carbocycles. The molecule has 4 nitrogen and oxygen atoms in total. The lowest BCUT2D eigenvalue weighted by Gasteiger charge is -2.23. The molecule has 1 aromatic rings. The molecule has 20 heavy (non-hydrogen) atoms. The van der Waals surface area contributed by atoms with Crippen molar-refractivity contribution in [2.75, 3.05) is 6.54 Å². The van der Waals surface area contributed by atoms with Gasteiger partial charge in [-0.15, -0.1) is 0 Å². The third-order valence-electron chi connectivity index (χ3n) is 2.71. The van der Waals surface area contributed by atoms with Crippen LogP contribution >= 0.6 is 15.9 Å². The first-order chi connectivity index (χ1) is 9.30. The zero-order chi connectivity index (χ0) is 15.2. The number of aromatic nitrogens is 1. The molecule has 0 radical (unpaired) electrons. The van der Waals surface area contributed by atoms with Crippen molar-refractivity contribution in [3.63, 3.8) is 0 Å². The summed E-state index contributed by atoms with van der Waals surface area (Å²) in [4.78, 5) is 13.1. The predicted octanol–water partition coefficient (Wildman–Crippen LogP) is 3.29. The van der Waals surface area contributed by atoms with Crippen LogP contribution < -0.4 is 5.32 Å². The summed E-state index contributed by atoms with van der Waals surface area (Å²) in [5.74, 6) is -2.76. The number of rotatable bonds is 1. The van der Waals surface area contributed by atoms with Gasteiger partial charge in [0.2, 0.25) is 0 Å². The summed E-state index contributed by atoms with van der Waals surface area (Å²) in [6, 6.07) is 4.67. The quantitative estimate of drug-likeness (QED) is 0.759. The molecule has 0 aromatic carbocycles. The van der Waals surface area contributed by atoms with Crippen LogP contribution in [0.2, 0.25) is 0 Å². The van der Waals surface area contributed by atoms with Crippen molar-refractivity contribution in [3.05, 3.63) is 28.5 Å². The minimum Gasteiger partial charge on any atom is -0.475 e. The number of alkyl halides is 3. The number of aliphatic carboxylic acids is 1. The minimum atomic E-state index is -5.08. The maximum atomic E-state index is 10.6. The van der Waals surface area contributed by atoms with E-state index in [9.17, 15) is 13.2 Å². The molecule has 0 spiro atoms. The topological polar surface area (TPSA) is 62.2 Å². The second-order valence-corrected chi connectivity index (χ2v) is 5.03. The van der Waals surface area contributed by atoms with Crippen LogP contribution in [0.15, 0.2) is 22.9 Å². The number of hydrogen-bond donors (Lipinski definition) is 2. The largest absolute Gasteiger partial charge is 0.490 e. The van der Waals surface area contributed by atoms with E-state index in [4.69, 9.17) is 9.90 Å². The molecule has 0 saturated carbocycles. The zero-order valence-electron chi connectivity index (χ0n) is 10.5. The van der Waals surface area contributed by atoms with Gasteiger partial charge in [-0.1, -0.05) is 12.5 Å². The number of piperidine rings is 1. The fourth-order valence-corrected chi connectivity index (χ4v) is 1.96. The van der Waals surface area contributed by atoms with Crippen LogP contribution in [0, 0.1) is 0 Å². The first kappa shape index (κ1) is 16.9. The van der Waals surface area contributed by atoms with Gasteiger partial charge >= 0.3 is 12.1 Å². The second kappa shape index (κ2) is 7.58. The van der Waals surface area contributed by atoms with Crippen molar-refractivity contribution in [2.24, 2.45) is 0 Å². The molecule has 1 aliphatic rings. The van der Waals surface area contributed by atoms with Crippen LogP contribution in [0.25, 0.3) is 0 Å². The van der Waals surface area contributed by atoms with Crippen molar-refractivity contribution in [1.29, 1.82) is 0 Å². The second-order valence-electron chi connectivity index (χ2n) is 4.22. The van der Waals surface area contributed by atoms with Gasteiger partial charge in [0.1, 0.15) is 4.60 Å². The van der Waals surface area contributed by atoms with Gasteiger partial charge in [-0.25, -0.2) is 9.78 Å². The lowest BCUT2D eigenvalue weighted by molar-refractivity contribution is -0.192. The van der Waals surface area contributed by atoms with Crippen molar-refractivity contribution in [1.82, 2.24) is 10.3 Å². The van der Waals surface area contributed by atoms with E-state index >= 15 is 0 Å². The molecular weight excluding hydrogens is 341 g/mol. The smallest absolute Gasteiger partial charge is 0.475 e. The maximum Gasteiger partial charge on any atom is 0.490 e. The average Bonchev–Trinajstić information content (AvgIpc) is 2.40. The Morgan fingerprint density at radius 3 is 2.45 bits per heavy atom. The van der Waals surface area contributed by atoms with Gasteiger partial charge in [-0.3, -0.25) is 0 Å². The molecule has 1 aliphatic heterocycles. The Kier molecular flexibility index (Phi) is 6.41. The summed E-state index contributed by atoms with van der Waals surface area (Å²) >= 11 is 3.34. The molecule has 2 N–H and O–H groups in total. The highest BCUT2D eigenvalue weighted by Gasteiger charge is 2.38. The van der Waals surface area contributed by atoms with Crippen LogP contribution in [0.4, 0.5) is 13.2 Å². The molecule has 112 valence electrons. The Labute approximate surface area is 122 Å². The Balaban J connectivity index is 0.000000246. The first-order valence-corrected chi connectivity index (χ1v) is 6.75. The van der Waals surface area contributed by atoms with E-state index in [2.05, 4.69) is 32.3 Å². The highest BCUT2D eigenvalue weighted by molar-refractivity contribution is 9.10. The predicted molar refractivity (Wildman–Crippen MR) is 70.2 cm³/mol. The number of carboxylic acids is 1. The summed E-state index contributed by atoms with van der Waals surface area (Å²) in [5.41, 5.74) is 1.31. The fraction of sp³-hybridized carbons (Fsp3) is 0.500. The molecular formula is C12H14BrF3N2O2. The molecule has 2 rings (SSSR count). The van der Waals surface area contributed by atoms with Gasteiger partial charge in [0.15, 0.2) is 0 Å². The third-order valence-corrected chi connectivity index (χ3v) is 3.17. The number of carboxylic acid groups (broad SMARTS) is 1. The number of pyridine rings is 1. The van der Waals surface area contributed by atoms with Crippen LogP contribution in [0.5, 0.6) is 0 Å². The van der Waals surface area contributed by atoms with Gasteiger partial charge < -0.3 is 10.4 Å². The first-order valence-electron chi connectivity index (χ1n) is 5.95. The molecule has 1 saturated heterocycles. The van der Waals surface area contributed by atoms with Crippen molar-refractivity contribution >= 4 is 21.9 Å². The molecule has 1 aromatic heterocycles. The van der Waals surface area contributed by atoms with Crippen molar-refractivity contribution in [2.45, 2.75) is 31.5 Å². The molecule has 0 amide bonds. The van der Waals surface area contributed by atoms with E-state index in [-0.39, 0.29) is 0 Å². The summed E-state index contributed by atoms with van der Waals surface area (Å²) < 4.78 is 32.6. The molecule has 1 atom stereocenters. The van der Waals surface area contributed by atoms with Crippen molar-refractivity contribution < 1.29 is 23.1 Å². The molecule has 1 fully saturated rings. The fourth-order valence-electron chi connectivity index (χ4n) is 1.73. The van der Waals surface area contributed by atoms with E-state index in [0.29, 0.717) is 6.04 Å². The monoisotopic (exact) mass is 354 g/mol. The van der Waals surface area contributed by atoms with Crippen molar-refractivity contribution in [3.8, 4) is 0 Å². The highest BCUT2D eigenvalue weighted by atomic mass is 79.9. The summed E-state index contributed by atoms with van der Waals surface area (Å²) in [6.45, 7) is 1.14. The lowest BCUT2D eigenvalue weighted by Crippen LogP contribution is -2.26. The SMILES string of the molecule is Brc1ccc(C2CCCCN2)cn1.O=C(O)C(F)(F)F. The van der Waals surface area contributed by atoms with E-state index < -0.39 is 12.1 Å². The van der Waals surface area contributed by atoms with Crippen LogP contribution in [0.3, 0.4) is 0 Å². The summed E-state index contributed by atoms with van der Waals surface area (Å²) in [5, 5.41) is 10.6. The minimum absolute atomic E-state index is 0.523. The van der Waals surface area contributed by atoms with Gasteiger partial charge in [0.05, 0.1) is 0 Å². The summed E-state index contributed by atoms with van der Waals surface area (Å²) in [7, 11) is 0. The Hall–Kier alpha value is -1.15. The van der Waals surface area contributed by atoms with E-state index in [1.54, 1.807) is 0 Å². The Bertz CT molecular complexity index is 431. The number of carbonyl (C=O) groups is 1. The number of halogens is 4. The maximum absolute atomic E-state index is 10.6. The summed E-state index contributed by atoms with van der Waals surface area (Å²) in [6.07, 6.45) is 0.741. The molecule has 0 bridgehead atoms. The third kappa shape index (κ3) is 5.87. The van der Waals surface area contributed by atoms with Crippen LogP contribution in [0.1, 0.15) is 30.9 Å². The number of nitrogens with zero attached hydrogens (tertiary/aromatic N) is 1. The zero-order valence-corrected chi connectivity index (χ0v) is 12.0. The van der Waals surface area contributed by atoms with Crippen LogP contribution in [-0.4, -0.2) is 28.8 Å². The average molecular weight is 355 g/mol. The Morgan fingerprint density at radius 2 is 2.05 bits per heavy atom. The number of nitrogens with one attached hydrogen (secondary N) is 1. The molecule has 8 heteroatoms. The highest BCUT2D eigenvalue weighted by Crippen LogP contribution is 2.22. The Morgan fingerprint density at radius 1 is 1.40 bits per heavy atom. The van der Waals surface area contributed by atoms with E-state index in [1.165, 1.54) is 24.8 Å². The van der Waals surface area contributed by atoms with Crippen LogP contribution in [-0.2, 0) is 4.79 Å². The van der Waals surface area contributed by atoms with Gasteiger partial charge in [-0.05, 0) is 46.9 Å². The lowest BCUT2D eigenvalue weighted by atomic mass is 9.99. The standard InChI is InChI=1S/C10H13BrN2.C2HF3O2/c11-10-5-4-8(7-13-10)9-3-1-2-6-12-9;3-2(4,5)1(6)7/h4-5,7,9,12H,1-3,6H2;(H,6,7). The molecule has 1 unspecified atom stereocenters. The van der Waals surface area contributed by atoms with Gasteiger partial charge in [0, 0.05) is 12.2 Å².